The van der Waals surface area contributed by atoms with E-state index in [2.05, 4.69) is 20.6 Å². The van der Waals surface area contributed by atoms with E-state index in [0.29, 0.717) is 31.0 Å². The van der Waals surface area contributed by atoms with Gasteiger partial charge in [0.1, 0.15) is 5.69 Å². The third-order valence-corrected chi connectivity index (χ3v) is 8.11. The Hall–Kier alpha value is -3.77. The minimum atomic E-state index is -0.0767. The van der Waals surface area contributed by atoms with Gasteiger partial charge in [-0.15, -0.1) is 0 Å². The van der Waals surface area contributed by atoms with E-state index < -0.39 is 0 Å². The first-order valence-electron chi connectivity index (χ1n) is 13.0. The molecule has 1 amide bonds. The summed E-state index contributed by atoms with van der Waals surface area (Å²) in [7, 11) is 0. The summed E-state index contributed by atoms with van der Waals surface area (Å²) in [5.41, 5.74) is 6.71. The minimum Gasteiger partial charge on any atom is -0.379 e. The van der Waals surface area contributed by atoms with Crippen LogP contribution in [0, 0.1) is 11.3 Å². The summed E-state index contributed by atoms with van der Waals surface area (Å²) in [5, 5.41) is 15.3. The molecular weight excluding hydrogens is 468 g/mol. The van der Waals surface area contributed by atoms with Crippen molar-refractivity contribution in [3.05, 3.63) is 63.8 Å². The first kappa shape index (κ1) is 23.6. The molecule has 2 aromatic rings. The van der Waals surface area contributed by atoms with Crippen LogP contribution in [-0.2, 0) is 22.5 Å². The van der Waals surface area contributed by atoms with E-state index in [9.17, 15) is 14.9 Å². The van der Waals surface area contributed by atoms with Crippen LogP contribution < -0.4 is 4.90 Å². The van der Waals surface area contributed by atoms with Crippen molar-refractivity contribution in [2.75, 3.05) is 31.2 Å². The molecule has 1 saturated heterocycles. The van der Waals surface area contributed by atoms with Gasteiger partial charge in [0.05, 0.1) is 25.3 Å². The molecule has 2 aromatic heterocycles. The zero-order valence-electron chi connectivity index (χ0n) is 21.0. The number of aromatic nitrogens is 3. The third-order valence-electron chi connectivity index (χ3n) is 8.11. The van der Waals surface area contributed by atoms with Gasteiger partial charge in [-0.3, -0.25) is 19.3 Å². The number of carbonyl (C=O) groups excluding carboxylic acids is 2. The first-order chi connectivity index (χ1) is 18.1. The molecule has 190 valence electrons. The van der Waals surface area contributed by atoms with Crippen LogP contribution in [0.3, 0.4) is 0 Å². The summed E-state index contributed by atoms with van der Waals surface area (Å²) in [6.07, 6.45) is 8.89. The Labute approximate surface area is 216 Å². The molecule has 2 atom stereocenters. The monoisotopic (exact) mass is 498 g/mol. The van der Waals surface area contributed by atoms with Gasteiger partial charge in [0.15, 0.2) is 12.1 Å². The van der Waals surface area contributed by atoms with E-state index >= 15 is 0 Å². The molecule has 4 aliphatic rings. The van der Waals surface area contributed by atoms with Gasteiger partial charge >= 0.3 is 0 Å². The molecule has 0 spiro atoms. The number of nitrogens with zero attached hydrogens (tertiary/aromatic N) is 6. The molecule has 3 aliphatic heterocycles. The number of aldehydes is 1. The molecule has 6 rings (SSSR count). The van der Waals surface area contributed by atoms with Crippen molar-refractivity contribution in [1.82, 2.24) is 19.7 Å². The Morgan fingerprint density at radius 2 is 2.16 bits per heavy atom. The molecule has 0 radical (unpaired) electrons. The van der Waals surface area contributed by atoms with Crippen molar-refractivity contribution < 1.29 is 14.3 Å². The predicted octanol–water partition coefficient (Wildman–Crippen LogP) is 3.45. The lowest BCUT2D eigenvalue weighted by Gasteiger charge is -2.37. The van der Waals surface area contributed by atoms with Crippen molar-refractivity contribution in [1.29, 1.82) is 5.26 Å². The van der Waals surface area contributed by atoms with E-state index in [4.69, 9.17) is 9.84 Å². The molecule has 0 N–H and O–H groups in total. The highest BCUT2D eigenvalue weighted by atomic mass is 16.5. The second-order valence-electron chi connectivity index (χ2n) is 10.2. The lowest BCUT2D eigenvalue weighted by molar-refractivity contribution is -0.129. The quantitative estimate of drug-likeness (QED) is 0.595. The molecule has 1 aliphatic carbocycles. The zero-order valence-corrected chi connectivity index (χ0v) is 21.0. The molecule has 0 aromatic carbocycles. The average Bonchev–Trinajstić information content (AvgIpc) is 3.60. The van der Waals surface area contributed by atoms with E-state index in [-0.39, 0.29) is 17.9 Å². The molecule has 9 heteroatoms. The summed E-state index contributed by atoms with van der Waals surface area (Å²) >= 11 is 0. The Kier molecular flexibility index (Phi) is 6.13. The topological polar surface area (TPSA) is 104 Å². The fraction of sp³-hybridized carbons (Fsp3) is 0.464. The second kappa shape index (κ2) is 9.60. The van der Waals surface area contributed by atoms with Crippen LogP contribution in [0.2, 0.25) is 0 Å². The molecule has 1 fully saturated rings. The molecule has 2 unspecified atom stereocenters. The Balaban J connectivity index is 1.39. The van der Waals surface area contributed by atoms with Crippen LogP contribution in [0.15, 0.2) is 41.2 Å². The maximum atomic E-state index is 12.3. The fourth-order valence-corrected chi connectivity index (χ4v) is 6.13. The molecule has 5 heterocycles. The van der Waals surface area contributed by atoms with Crippen molar-refractivity contribution in [2.45, 2.75) is 57.5 Å². The van der Waals surface area contributed by atoms with E-state index in [1.165, 1.54) is 11.3 Å². The van der Waals surface area contributed by atoms with Gasteiger partial charge in [-0.1, -0.05) is 6.07 Å². The summed E-state index contributed by atoms with van der Waals surface area (Å²) < 4.78 is 7.84. The number of ether oxygens (including phenoxy) is 1. The maximum absolute atomic E-state index is 12.3. The van der Waals surface area contributed by atoms with Crippen LogP contribution in [-0.4, -0.2) is 58.2 Å². The Morgan fingerprint density at radius 1 is 1.27 bits per heavy atom. The molecule has 0 saturated carbocycles. The van der Waals surface area contributed by atoms with E-state index in [1.807, 2.05) is 17.0 Å². The van der Waals surface area contributed by atoms with Crippen molar-refractivity contribution >= 4 is 18.0 Å². The SMILES string of the molecule is CC(=O)N1CCc2c(c(N3CCCC4=C3C=C(C#N)C(c3ccc(C=O)nc3)C4)nn2C2CCOC2)C1. The van der Waals surface area contributed by atoms with Gasteiger partial charge in [-0.05, 0) is 49.0 Å². The van der Waals surface area contributed by atoms with Gasteiger partial charge in [0, 0.05) is 67.7 Å². The number of hydrogen-bond acceptors (Lipinski definition) is 7. The number of fused-ring (bicyclic) bond motifs is 1. The van der Waals surface area contributed by atoms with Crippen LogP contribution in [0.1, 0.15) is 71.9 Å². The van der Waals surface area contributed by atoms with Gasteiger partial charge in [0.2, 0.25) is 5.91 Å². The van der Waals surface area contributed by atoms with Gasteiger partial charge in [-0.2, -0.15) is 10.4 Å². The Morgan fingerprint density at radius 3 is 2.86 bits per heavy atom. The van der Waals surface area contributed by atoms with Crippen LogP contribution in [0.25, 0.3) is 0 Å². The lowest BCUT2D eigenvalue weighted by atomic mass is 9.79. The van der Waals surface area contributed by atoms with Gasteiger partial charge in [-0.25, -0.2) is 0 Å². The van der Waals surface area contributed by atoms with Gasteiger partial charge in [0.25, 0.3) is 0 Å². The summed E-state index contributed by atoms with van der Waals surface area (Å²) in [6, 6.07) is 6.25. The number of anilines is 1. The molecule has 9 nitrogen and oxygen atoms in total. The van der Waals surface area contributed by atoms with Crippen LogP contribution in [0.4, 0.5) is 5.82 Å². The normalized spacial score (nSPS) is 23.3. The largest absolute Gasteiger partial charge is 0.379 e. The molecule has 0 bridgehead atoms. The number of pyridine rings is 1. The minimum absolute atomic E-state index is 0.0767. The maximum Gasteiger partial charge on any atom is 0.219 e. The van der Waals surface area contributed by atoms with E-state index in [0.717, 1.165) is 74.2 Å². The van der Waals surface area contributed by atoms with Crippen molar-refractivity contribution in [3.63, 3.8) is 0 Å². The smallest absolute Gasteiger partial charge is 0.219 e. The van der Waals surface area contributed by atoms with E-state index in [1.54, 1.807) is 19.2 Å². The second-order valence-corrected chi connectivity index (χ2v) is 10.2. The highest BCUT2D eigenvalue weighted by Gasteiger charge is 2.36. The highest BCUT2D eigenvalue weighted by molar-refractivity contribution is 5.74. The van der Waals surface area contributed by atoms with Crippen molar-refractivity contribution in [2.24, 2.45) is 0 Å². The number of allylic oxidation sites excluding steroid dienone is 3. The number of rotatable bonds is 4. The lowest BCUT2D eigenvalue weighted by Crippen LogP contribution is -2.36. The summed E-state index contributed by atoms with van der Waals surface area (Å²) in [5.74, 6) is 0.907. The number of nitriles is 1. The molecular formula is C28H30N6O3. The zero-order chi connectivity index (χ0) is 25.5. The van der Waals surface area contributed by atoms with Crippen molar-refractivity contribution in [3.8, 4) is 6.07 Å². The highest BCUT2D eigenvalue weighted by Crippen LogP contribution is 2.44. The molecule has 37 heavy (non-hydrogen) atoms. The number of carbonyl (C=O) groups is 2. The summed E-state index contributed by atoms with van der Waals surface area (Å²) in [6.45, 7) is 5.10. The number of amides is 1. The van der Waals surface area contributed by atoms with Gasteiger partial charge < -0.3 is 14.5 Å². The standard InChI is InChI=1S/C28H30N6O3/c1-18(36)32-9-6-26-25(15-32)28(31-34(26)23-7-10-37-17-23)33-8-2-3-19-11-24(21(13-29)12-27(19)33)20-4-5-22(16-35)30-14-20/h4-5,12,14,16,23-24H,2-3,6-11,15,17H2,1H3. The Bertz CT molecular complexity index is 1340. The fourth-order valence-electron chi connectivity index (χ4n) is 6.13. The van der Waals surface area contributed by atoms with Crippen LogP contribution in [0.5, 0.6) is 0 Å². The summed E-state index contributed by atoms with van der Waals surface area (Å²) in [4.78, 5) is 31.7. The van der Waals surface area contributed by atoms with Crippen LogP contribution >= 0.6 is 0 Å². The average molecular weight is 499 g/mol. The first-order valence-corrected chi connectivity index (χ1v) is 13.0. The predicted molar refractivity (Wildman–Crippen MR) is 136 cm³/mol. The number of hydrogen-bond donors (Lipinski definition) is 0. The third kappa shape index (κ3) is 4.15.